The third-order valence-electron chi connectivity index (χ3n) is 3.85. The van der Waals surface area contributed by atoms with Gasteiger partial charge in [-0.25, -0.2) is 0 Å². The van der Waals surface area contributed by atoms with Crippen LogP contribution in [0.2, 0.25) is 0 Å². The molecule has 5 nitrogen and oxygen atoms in total. The summed E-state index contributed by atoms with van der Waals surface area (Å²) in [4.78, 5) is 25.9. The second-order valence-corrected chi connectivity index (χ2v) is 5.40. The van der Waals surface area contributed by atoms with Gasteiger partial charge in [-0.1, -0.05) is 0 Å². The third-order valence-corrected chi connectivity index (χ3v) is 3.85. The lowest BCUT2D eigenvalue weighted by molar-refractivity contribution is -0.133. The number of nitrogens with zero attached hydrogens (tertiary/aromatic N) is 1. The molecule has 1 heterocycles. The van der Waals surface area contributed by atoms with Crippen LogP contribution in [0, 0.1) is 0 Å². The van der Waals surface area contributed by atoms with Crippen LogP contribution < -0.4 is 10.1 Å². The van der Waals surface area contributed by atoms with Crippen LogP contribution in [0.25, 0.3) is 0 Å². The van der Waals surface area contributed by atoms with Crippen LogP contribution in [0.3, 0.4) is 0 Å². The van der Waals surface area contributed by atoms with Crippen LogP contribution in [0.4, 0.5) is 0 Å². The number of ether oxygens (including phenoxy) is 1. The largest absolute Gasteiger partial charge is 0.496 e. The molecule has 1 atom stereocenters. The summed E-state index contributed by atoms with van der Waals surface area (Å²) in [5.74, 6) is 0.709. The topological polar surface area (TPSA) is 58.6 Å². The standard InChI is InChI=1S/C16H22N2O3.ClH/c1-11-10-17-6-7-18(11)16(20)9-14-8-13(12(2)19)4-5-15(14)21-3;/h4-5,8,11,17H,6-7,9-10H2,1-3H3;1H/t11-;/m1./s1. The SMILES string of the molecule is COc1ccc(C(C)=O)cc1CC(=O)N1CCNC[C@H]1C.Cl. The fourth-order valence-electron chi connectivity index (χ4n) is 2.61. The number of amides is 1. The third kappa shape index (κ3) is 4.21. The summed E-state index contributed by atoms with van der Waals surface area (Å²) >= 11 is 0. The maximum atomic E-state index is 12.5. The molecule has 1 amide bonds. The fraction of sp³-hybridized carbons (Fsp3) is 0.500. The van der Waals surface area contributed by atoms with Crippen molar-refractivity contribution in [2.75, 3.05) is 26.7 Å². The highest BCUT2D eigenvalue weighted by Gasteiger charge is 2.24. The van der Waals surface area contributed by atoms with Crippen LogP contribution in [-0.4, -0.2) is 49.4 Å². The Morgan fingerprint density at radius 1 is 1.41 bits per heavy atom. The summed E-state index contributed by atoms with van der Waals surface area (Å²) in [6.07, 6.45) is 0.259. The van der Waals surface area contributed by atoms with E-state index in [1.54, 1.807) is 25.3 Å². The first kappa shape index (κ1) is 18.5. The predicted octanol–water partition coefficient (Wildman–Crippen LogP) is 1.68. The summed E-state index contributed by atoms with van der Waals surface area (Å²) in [5, 5.41) is 3.27. The van der Waals surface area contributed by atoms with Gasteiger partial charge in [0.25, 0.3) is 0 Å². The Morgan fingerprint density at radius 2 is 2.14 bits per heavy atom. The quantitative estimate of drug-likeness (QED) is 0.855. The lowest BCUT2D eigenvalue weighted by Gasteiger charge is -2.34. The molecular weight excluding hydrogens is 304 g/mol. The van der Waals surface area contributed by atoms with Crippen molar-refractivity contribution in [2.24, 2.45) is 0 Å². The number of Topliss-reactive ketones (excluding diaryl/α,β-unsaturated/α-hetero) is 1. The zero-order valence-electron chi connectivity index (χ0n) is 13.2. The van der Waals surface area contributed by atoms with E-state index in [0.717, 1.165) is 18.7 Å². The Labute approximate surface area is 137 Å². The monoisotopic (exact) mass is 326 g/mol. The molecule has 0 radical (unpaired) electrons. The number of benzene rings is 1. The van der Waals surface area contributed by atoms with Crippen LogP contribution in [0.1, 0.15) is 29.8 Å². The summed E-state index contributed by atoms with van der Waals surface area (Å²) in [6.45, 7) is 5.91. The highest BCUT2D eigenvalue weighted by atomic mass is 35.5. The maximum Gasteiger partial charge on any atom is 0.227 e. The molecule has 2 rings (SSSR count). The Hall–Kier alpha value is -1.59. The molecule has 0 saturated carbocycles. The Balaban J connectivity index is 0.00000242. The Kier molecular flexibility index (Phi) is 6.84. The van der Waals surface area contributed by atoms with Gasteiger partial charge in [0.1, 0.15) is 5.75 Å². The predicted molar refractivity (Wildman–Crippen MR) is 88.0 cm³/mol. The molecule has 1 N–H and O–H groups in total. The number of carbonyl (C=O) groups is 2. The average Bonchev–Trinajstić information content (AvgIpc) is 2.47. The molecule has 22 heavy (non-hydrogen) atoms. The number of rotatable bonds is 4. The second kappa shape index (κ2) is 8.15. The second-order valence-electron chi connectivity index (χ2n) is 5.40. The van der Waals surface area contributed by atoms with Crippen molar-refractivity contribution in [1.29, 1.82) is 0 Å². The van der Waals surface area contributed by atoms with Crippen LogP contribution in [0.5, 0.6) is 5.75 Å². The highest BCUT2D eigenvalue weighted by Crippen LogP contribution is 2.22. The molecule has 0 bridgehead atoms. The van der Waals surface area contributed by atoms with Crippen LogP contribution in [0.15, 0.2) is 18.2 Å². The minimum Gasteiger partial charge on any atom is -0.496 e. The van der Waals surface area contributed by atoms with Gasteiger partial charge in [-0.05, 0) is 32.0 Å². The van der Waals surface area contributed by atoms with Crippen molar-refractivity contribution in [1.82, 2.24) is 10.2 Å². The molecule has 1 aliphatic heterocycles. The number of halogens is 1. The highest BCUT2D eigenvalue weighted by molar-refractivity contribution is 5.94. The lowest BCUT2D eigenvalue weighted by Crippen LogP contribution is -2.52. The zero-order chi connectivity index (χ0) is 15.4. The van der Waals surface area contributed by atoms with E-state index in [-0.39, 0.29) is 36.6 Å². The molecule has 0 aliphatic carbocycles. The van der Waals surface area contributed by atoms with Gasteiger partial charge in [0.2, 0.25) is 5.91 Å². The van der Waals surface area contributed by atoms with Gasteiger partial charge in [0, 0.05) is 36.8 Å². The van der Waals surface area contributed by atoms with E-state index in [1.807, 2.05) is 11.8 Å². The van der Waals surface area contributed by atoms with Crippen molar-refractivity contribution in [3.63, 3.8) is 0 Å². The number of methoxy groups -OCH3 is 1. The number of hydrogen-bond donors (Lipinski definition) is 1. The maximum absolute atomic E-state index is 12.5. The van der Waals surface area contributed by atoms with E-state index in [4.69, 9.17) is 4.74 Å². The van der Waals surface area contributed by atoms with Gasteiger partial charge in [-0.15, -0.1) is 12.4 Å². The molecule has 0 spiro atoms. The number of ketones is 1. The first-order chi connectivity index (χ1) is 10.0. The first-order valence-electron chi connectivity index (χ1n) is 7.21. The van der Waals surface area contributed by atoms with E-state index in [1.165, 1.54) is 6.92 Å². The minimum atomic E-state index is -0.0121. The first-order valence-corrected chi connectivity index (χ1v) is 7.21. The lowest BCUT2D eigenvalue weighted by atomic mass is 10.0. The number of nitrogens with one attached hydrogen (secondary N) is 1. The van der Waals surface area contributed by atoms with E-state index in [0.29, 0.717) is 17.9 Å². The molecular formula is C16H23ClN2O3. The van der Waals surface area contributed by atoms with Gasteiger partial charge in [0.15, 0.2) is 5.78 Å². The van der Waals surface area contributed by atoms with Crippen molar-refractivity contribution in [2.45, 2.75) is 26.3 Å². The molecule has 1 fully saturated rings. The average molecular weight is 327 g/mol. The molecule has 1 aromatic rings. The molecule has 1 aliphatic rings. The van der Waals surface area contributed by atoms with Crippen LogP contribution in [-0.2, 0) is 11.2 Å². The van der Waals surface area contributed by atoms with Gasteiger partial charge in [0.05, 0.1) is 13.5 Å². The molecule has 1 saturated heterocycles. The molecule has 0 aromatic heterocycles. The van der Waals surface area contributed by atoms with E-state index in [9.17, 15) is 9.59 Å². The normalized spacial score (nSPS) is 17.6. The number of hydrogen-bond acceptors (Lipinski definition) is 4. The summed E-state index contributed by atoms with van der Waals surface area (Å²) in [6, 6.07) is 5.42. The molecule has 0 unspecified atom stereocenters. The molecule has 122 valence electrons. The zero-order valence-corrected chi connectivity index (χ0v) is 14.0. The van der Waals surface area contributed by atoms with Crippen molar-refractivity contribution < 1.29 is 14.3 Å². The van der Waals surface area contributed by atoms with Crippen molar-refractivity contribution in [3.8, 4) is 5.75 Å². The van der Waals surface area contributed by atoms with Crippen LogP contribution >= 0.6 is 12.4 Å². The van der Waals surface area contributed by atoms with E-state index < -0.39 is 0 Å². The summed E-state index contributed by atoms with van der Waals surface area (Å²) in [5.41, 5.74) is 1.37. The summed E-state index contributed by atoms with van der Waals surface area (Å²) in [7, 11) is 1.57. The van der Waals surface area contributed by atoms with Crippen molar-refractivity contribution in [3.05, 3.63) is 29.3 Å². The van der Waals surface area contributed by atoms with Gasteiger partial charge >= 0.3 is 0 Å². The number of carbonyl (C=O) groups excluding carboxylic acids is 2. The van der Waals surface area contributed by atoms with Gasteiger partial charge < -0.3 is 15.0 Å². The number of piperazine rings is 1. The summed E-state index contributed by atoms with van der Waals surface area (Å²) < 4.78 is 5.30. The van der Waals surface area contributed by atoms with E-state index >= 15 is 0 Å². The molecule has 6 heteroatoms. The Morgan fingerprint density at radius 3 is 2.73 bits per heavy atom. The van der Waals surface area contributed by atoms with Crippen molar-refractivity contribution >= 4 is 24.1 Å². The Bertz CT molecular complexity index is 548. The fourth-order valence-corrected chi connectivity index (χ4v) is 2.61. The van der Waals surface area contributed by atoms with E-state index in [2.05, 4.69) is 5.32 Å². The molecule has 1 aromatic carbocycles. The minimum absolute atomic E-state index is 0. The van der Waals surface area contributed by atoms with Gasteiger partial charge in [-0.2, -0.15) is 0 Å². The van der Waals surface area contributed by atoms with Gasteiger partial charge in [-0.3, -0.25) is 9.59 Å². The smallest absolute Gasteiger partial charge is 0.227 e.